The van der Waals surface area contributed by atoms with Crippen molar-refractivity contribution in [3.63, 3.8) is 0 Å². The molecule has 0 N–H and O–H groups in total. The van der Waals surface area contributed by atoms with E-state index in [2.05, 4.69) is 0 Å². The normalized spacial score (nSPS) is 12.4. The molecule has 0 bridgehead atoms. The summed E-state index contributed by atoms with van der Waals surface area (Å²) in [4.78, 5) is 0. The van der Waals surface area contributed by atoms with Gasteiger partial charge in [0.1, 0.15) is 0 Å². The van der Waals surface area contributed by atoms with Gasteiger partial charge in [0.05, 0.1) is 0 Å². The standard InChI is InChI=1S/C5H12NO3S/c1-3-5-6(4-2)10(7,8)9/h3-5H2,1-2H3. The minimum absolute atomic E-state index is 0.264. The van der Waals surface area contributed by atoms with E-state index in [1.807, 2.05) is 6.92 Å². The third kappa shape index (κ3) is 3.14. The van der Waals surface area contributed by atoms with Gasteiger partial charge in [-0.05, 0) is 6.42 Å². The number of rotatable bonds is 4. The Morgan fingerprint density at radius 1 is 1.30 bits per heavy atom. The smallest absolute Gasteiger partial charge is 0.179 e. The molecular weight excluding hydrogens is 154 g/mol. The minimum atomic E-state index is -4.19. The highest BCUT2D eigenvalue weighted by molar-refractivity contribution is 7.83. The van der Waals surface area contributed by atoms with Crippen molar-refractivity contribution in [1.29, 1.82) is 0 Å². The Bertz CT molecular complexity index is 175. The van der Waals surface area contributed by atoms with Crippen LogP contribution in [-0.4, -0.2) is 25.8 Å². The van der Waals surface area contributed by atoms with Crippen molar-refractivity contribution in [2.24, 2.45) is 0 Å². The topological polar surface area (TPSA) is 57.3 Å². The van der Waals surface area contributed by atoms with E-state index in [0.717, 1.165) is 4.31 Å². The highest BCUT2D eigenvalue weighted by Gasteiger charge is 2.16. The van der Waals surface area contributed by atoms with E-state index in [9.17, 15) is 13.0 Å². The van der Waals surface area contributed by atoms with Gasteiger partial charge in [-0.1, -0.05) is 18.4 Å². The van der Waals surface area contributed by atoms with E-state index in [1.54, 1.807) is 6.92 Å². The monoisotopic (exact) mass is 166 g/mol. The van der Waals surface area contributed by atoms with Crippen LogP contribution >= 0.6 is 0 Å². The van der Waals surface area contributed by atoms with Gasteiger partial charge in [0.2, 0.25) is 0 Å². The summed E-state index contributed by atoms with van der Waals surface area (Å²) in [5.74, 6) is 0. The first-order chi connectivity index (χ1) is 4.52. The predicted octanol–water partition coefficient (Wildman–Crippen LogP) is 0.394. The van der Waals surface area contributed by atoms with Crippen LogP contribution in [0.1, 0.15) is 20.3 Å². The van der Waals surface area contributed by atoms with Crippen molar-refractivity contribution < 1.29 is 13.0 Å². The molecule has 0 aromatic carbocycles. The van der Waals surface area contributed by atoms with Crippen LogP contribution in [0.2, 0.25) is 0 Å². The lowest BCUT2D eigenvalue weighted by molar-refractivity contribution is 0.323. The van der Waals surface area contributed by atoms with E-state index >= 15 is 0 Å². The zero-order valence-electron chi connectivity index (χ0n) is 6.20. The van der Waals surface area contributed by atoms with Crippen molar-refractivity contribution in [1.82, 2.24) is 4.31 Å². The Kier molecular flexibility index (Phi) is 3.85. The third-order valence-corrected chi connectivity index (χ3v) is 2.22. The molecule has 0 fully saturated rings. The van der Waals surface area contributed by atoms with Crippen molar-refractivity contribution in [3.05, 3.63) is 0 Å². The van der Waals surface area contributed by atoms with Crippen LogP contribution in [0.25, 0.3) is 0 Å². The Balaban J connectivity index is 4.08. The van der Waals surface area contributed by atoms with Crippen LogP contribution in [0.15, 0.2) is 0 Å². The fourth-order valence-electron chi connectivity index (χ4n) is 0.677. The van der Waals surface area contributed by atoms with E-state index in [-0.39, 0.29) is 6.54 Å². The van der Waals surface area contributed by atoms with Gasteiger partial charge in [-0.15, -0.1) is 0 Å². The zero-order chi connectivity index (χ0) is 8.20. The van der Waals surface area contributed by atoms with E-state index in [4.69, 9.17) is 0 Å². The molecule has 0 amide bonds. The molecule has 0 aromatic heterocycles. The van der Waals surface area contributed by atoms with Gasteiger partial charge < -0.3 is 0 Å². The van der Waals surface area contributed by atoms with Crippen molar-refractivity contribution in [2.45, 2.75) is 20.3 Å². The molecule has 0 saturated carbocycles. The molecule has 1 radical (unpaired) electrons. The van der Waals surface area contributed by atoms with Crippen molar-refractivity contribution >= 4 is 10.3 Å². The molecule has 0 spiro atoms. The largest absolute Gasteiger partial charge is 0.365 e. The molecule has 10 heavy (non-hydrogen) atoms. The molecule has 0 aliphatic carbocycles. The maximum absolute atomic E-state index is 10.3. The molecule has 0 saturated heterocycles. The van der Waals surface area contributed by atoms with Crippen LogP contribution in [-0.2, 0) is 14.9 Å². The molecule has 5 heteroatoms. The molecule has 0 aromatic rings. The van der Waals surface area contributed by atoms with Gasteiger partial charge in [0, 0.05) is 13.1 Å². The summed E-state index contributed by atoms with van der Waals surface area (Å²) in [6.07, 6.45) is 0.676. The lowest BCUT2D eigenvalue weighted by Crippen LogP contribution is -2.29. The van der Waals surface area contributed by atoms with Crippen LogP contribution < -0.4 is 0 Å². The second-order valence-corrected chi connectivity index (χ2v) is 3.32. The summed E-state index contributed by atoms with van der Waals surface area (Å²) >= 11 is 0. The summed E-state index contributed by atoms with van der Waals surface area (Å²) in [5, 5.41) is 0. The van der Waals surface area contributed by atoms with E-state index in [1.165, 1.54) is 0 Å². The first-order valence-corrected chi connectivity index (χ1v) is 4.59. The van der Waals surface area contributed by atoms with Gasteiger partial charge in [-0.3, -0.25) is 0 Å². The Morgan fingerprint density at radius 3 is 1.90 bits per heavy atom. The van der Waals surface area contributed by atoms with Crippen LogP contribution in [0.5, 0.6) is 0 Å². The van der Waals surface area contributed by atoms with E-state index < -0.39 is 10.3 Å². The molecule has 0 rings (SSSR count). The molecule has 0 aliphatic heterocycles. The summed E-state index contributed by atoms with van der Waals surface area (Å²) in [7, 11) is -4.19. The molecule has 0 unspecified atom stereocenters. The van der Waals surface area contributed by atoms with Gasteiger partial charge >= 0.3 is 10.3 Å². The summed E-state index contributed by atoms with van der Waals surface area (Å²) < 4.78 is 31.9. The Hall–Kier alpha value is -0.130. The lowest BCUT2D eigenvalue weighted by atomic mass is 10.5. The van der Waals surface area contributed by atoms with Crippen molar-refractivity contribution in [2.75, 3.05) is 13.1 Å². The summed E-state index contributed by atoms with van der Waals surface area (Å²) in [6.45, 7) is 4.06. The van der Waals surface area contributed by atoms with Crippen molar-refractivity contribution in [3.8, 4) is 0 Å². The molecule has 0 heterocycles. The quantitative estimate of drug-likeness (QED) is 0.606. The fraction of sp³-hybridized carbons (Fsp3) is 1.00. The van der Waals surface area contributed by atoms with Gasteiger partial charge in [-0.2, -0.15) is 12.7 Å². The number of hydrogen-bond donors (Lipinski definition) is 0. The summed E-state index contributed by atoms with van der Waals surface area (Å²) in [6, 6.07) is 0. The molecule has 61 valence electrons. The molecule has 4 nitrogen and oxygen atoms in total. The van der Waals surface area contributed by atoms with Crippen LogP contribution in [0.3, 0.4) is 0 Å². The van der Waals surface area contributed by atoms with Gasteiger partial charge in [-0.25, -0.2) is 0 Å². The second-order valence-electron chi connectivity index (χ2n) is 1.95. The average molecular weight is 166 g/mol. The maximum Gasteiger partial charge on any atom is 0.365 e. The first kappa shape index (κ1) is 9.87. The van der Waals surface area contributed by atoms with Gasteiger partial charge in [0.25, 0.3) is 0 Å². The molecule has 0 atom stereocenters. The minimum Gasteiger partial charge on any atom is -0.179 e. The highest BCUT2D eigenvalue weighted by Crippen LogP contribution is 1.97. The molecular formula is C5H12NO3S. The third-order valence-electron chi connectivity index (χ3n) is 1.14. The Morgan fingerprint density at radius 2 is 1.80 bits per heavy atom. The first-order valence-electron chi connectivity index (χ1n) is 3.23. The number of hydrogen-bond acceptors (Lipinski definition) is 2. The van der Waals surface area contributed by atoms with E-state index in [0.29, 0.717) is 13.0 Å². The summed E-state index contributed by atoms with van der Waals surface area (Å²) in [5.41, 5.74) is 0. The van der Waals surface area contributed by atoms with Crippen LogP contribution in [0, 0.1) is 0 Å². The fourth-order valence-corrected chi connectivity index (χ4v) is 1.40. The number of nitrogens with zero attached hydrogens (tertiary/aromatic N) is 1. The van der Waals surface area contributed by atoms with Crippen LogP contribution in [0.4, 0.5) is 0 Å². The van der Waals surface area contributed by atoms with Gasteiger partial charge in [0.15, 0.2) is 0 Å². The Labute approximate surface area is 61.7 Å². The zero-order valence-corrected chi connectivity index (χ0v) is 7.02. The second kappa shape index (κ2) is 3.90. The lowest BCUT2D eigenvalue weighted by Gasteiger charge is -2.12. The molecule has 0 aliphatic rings. The predicted molar refractivity (Wildman–Crippen MR) is 37.1 cm³/mol. The highest BCUT2D eigenvalue weighted by atomic mass is 32.2. The SMILES string of the molecule is CCCN(CC)S([O])(=O)=O. The maximum atomic E-state index is 10.3. The average Bonchev–Trinajstić information content (AvgIpc) is 1.80.